The standard InChI is InChI=1S/C17H15N3O5S/c1-18-26(22,23)14-9-5-8-13(10-14)17(21)24-11-15-19-20-16(25-15)12-6-3-2-4-7-12/h2-10,18H,11H2,1H3. The SMILES string of the molecule is CNS(=O)(=O)c1cccc(C(=O)OCc2nnc(-c3ccccc3)o2)c1. The van der Waals surface area contributed by atoms with E-state index >= 15 is 0 Å². The van der Waals surface area contributed by atoms with Crippen LogP contribution in [0, 0.1) is 0 Å². The molecule has 9 heteroatoms. The highest BCUT2D eigenvalue weighted by Crippen LogP contribution is 2.18. The van der Waals surface area contributed by atoms with Crippen molar-refractivity contribution in [1.29, 1.82) is 0 Å². The lowest BCUT2D eigenvalue weighted by Crippen LogP contribution is -2.19. The molecule has 0 saturated heterocycles. The zero-order chi connectivity index (χ0) is 18.6. The monoisotopic (exact) mass is 373 g/mol. The van der Waals surface area contributed by atoms with Gasteiger partial charge in [-0.05, 0) is 37.4 Å². The summed E-state index contributed by atoms with van der Waals surface area (Å²) in [7, 11) is -2.36. The van der Waals surface area contributed by atoms with Gasteiger partial charge in [-0.1, -0.05) is 24.3 Å². The van der Waals surface area contributed by atoms with Crippen LogP contribution in [-0.2, 0) is 21.4 Å². The first-order valence-corrected chi connectivity index (χ1v) is 9.06. The van der Waals surface area contributed by atoms with Gasteiger partial charge >= 0.3 is 5.97 Å². The number of sulfonamides is 1. The number of carbonyl (C=O) groups excluding carboxylic acids is 1. The number of esters is 1. The number of hydrogen-bond donors (Lipinski definition) is 1. The average molecular weight is 373 g/mol. The third-order valence-corrected chi connectivity index (χ3v) is 4.88. The number of aromatic nitrogens is 2. The molecule has 8 nitrogen and oxygen atoms in total. The fourth-order valence-electron chi connectivity index (χ4n) is 2.13. The summed E-state index contributed by atoms with van der Waals surface area (Å²) in [5.74, 6) is -0.243. The van der Waals surface area contributed by atoms with Crippen LogP contribution < -0.4 is 4.72 Å². The second kappa shape index (κ2) is 7.46. The first kappa shape index (κ1) is 17.8. The largest absolute Gasteiger partial charge is 0.452 e. The van der Waals surface area contributed by atoms with E-state index in [2.05, 4.69) is 14.9 Å². The third kappa shape index (κ3) is 3.95. The van der Waals surface area contributed by atoms with Crippen molar-refractivity contribution >= 4 is 16.0 Å². The molecule has 0 spiro atoms. The number of benzene rings is 2. The summed E-state index contributed by atoms with van der Waals surface area (Å²) in [6, 6.07) is 14.7. The molecule has 1 aromatic heterocycles. The van der Waals surface area contributed by atoms with E-state index in [-0.39, 0.29) is 23.0 Å². The molecule has 0 bridgehead atoms. The highest BCUT2D eigenvalue weighted by atomic mass is 32.2. The molecule has 0 atom stereocenters. The zero-order valence-electron chi connectivity index (χ0n) is 13.7. The lowest BCUT2D eigenvalue weighted by atomic mass is 10.2. The maximum absolute atomic E-state index is 12.1. The van der Waals surface area contributed by atoms with E-state index in [4.69, 9.17) is 9.15 Å². The van der Waals surface area contributed by atoms with Crippen LogP contribution >= 0.6 is 0 Å². The number of hydrogen-bond acceptors (Lipinski definition) is 7. The van der Waals surface area contributed by atoms with Gasteiger partial charge in [0, 0.05) is 5.56 Å². The third-order valence-electron chi connectivity index (χ3n) is 3.46. The van der Waals surface area contributed by atoms with Gasteiger partial charge in [-0.15, -0.1) is 10.2 Å². The van der Waals surface area contributed by atoms with E-state index in [1.807, 2.05) is 30.3 Å². The molecular weight excluding hydrogens is 358 g/mol. The second-order valence-electron chi connectivity index (χ2n) is 5.18. The lowest BCUT2D eigenvalue weighted by Gasteiger charge is -2.05. The molecule has 26 heavy (non-hydrogen) atoms. The number of nitrogens with one attached hydrogen (secondary N) is 1. The Hall–Kier alpha value is -3.04. The Labute approximate surface area is 149 Å². The van der Waals surface area contributed by atoms with Crippen LogP contribution in [0.25, 0.3) is 11.5 Å². The number of carbonyl (C=O) groups is 1. The number of ether oxygens (including phenoxy) is 1. The topological polar surface area (TPSA) is 111 Å². The summed E-state index contributed by atoms with van der Waals surface area (Å²) in [5, 5.41) is 7.73. The maximum atomic E-state index is 12.1. The molecule has 0 aliphatic heterocycles. The molecule has 0 fully saturated rings. The van der Waals surface area contributed by atoms with Gasteiger partial charge in [-0.2, -0.15) is 0 Å². The zero-order valence-corrected chi connectivity index (χ0v) is 14.6. The summed E-state index contributed by atoms with van der Waals surface area (Å²) in [6.07, 6.45) is 0. The van der Waals surface area contributed by atoms with Crippen LogP contribution in [-0.4, -0.2) is 31.6 Å². The molecule has 1 N–H and O–H groups in total. The fraction of sp³-hybridized carbons (Fsp3) is 0.118. The Morgan fingerprint density at radius 1 is 1.12 bits per heavy atom. The van der Waals surface area contributed by atoms with Crippen molar-refractivity contribution in [2.75, 3.05) is 7.05 Å². The van der Waals surface area contributed by atoms with Gasteiger partial charge in [0.1, 0.15) is 0 Å². The van der Waals surface area contributed by atoms with E-state index in [0.29, 0.717) is 5.89 Å². The van der Waals surface area contributed by atoms with Gasteiger partial charge < -0.3 is 9.15 Å². The predicted molar refractivity (Wildman–Crippen MR) is 91.5 cm³/mol. The van der Waals surface area contributed by atoms with Crippen LogP contribution in [0.2, 0.25) is 0 Å². The number of rotatable bonds is 6. The molecule has 1 heterocycles. The molecule has 3 aromatic rings. The highest BCUT2D eigenvalue weighted by Gasteiger charge is 2.16. The van der Waals surface area contributed by atoms with Gasteiger partial charge in [-0.25, -0.2) is 17.9 Å². The molecule has 3 rings (SSSR count). The van der Waals surface area contributed by atoms with Crippen LogP contribution in [0.15, 0.2) is 63.9 Å². The van der Waals surface area contributed by atoms with Crippen LogP contribution in [0.1, 0.15) is 16.2 Å². The van der Waals surface area contributed by atoms with Crippen molar-refractivity contribution in [3.05, 3.63) is 66.1 Å². The molecule has 0 aliphatic carbocycles. The molecule has 2 aromatic carbocycles. The van der Waals surface area contributed by atoms with Crippen molar-refractivity contribution in [3.63, 3.8) is 0 Å². The average Bonchev–Trinajstić information content (AvgIpc) is 3.16. The second-order valence-corrected chi connectivity index (χ2v) is 7.07. The first-order chi connectivity index (χ1) is 12.5. The van der Waals surface area contributed by atoms with Gasteiger partial charge in [-0.3, -0.25) is 0 Å². The van der Waals surface area contributed by atoms with Crippen molar-refractivity contribution in [2.45, 2.75) is 11.5 Å². The minimum atomic E-state index is -3.65. The Balaban J connectivity index is 1.68. The highest BCUT2D eigenvalue weighted by molar-refractivity contribution is 7.89. The summed E-state index contributed by atoms with van der Waals surface area (Å²) < 4.78 is 36.3. The van der Waals surface area contributed by atoms with Crippen LogP contribution in [0.5, 0.6) is 0 Å². The smallest absolute Gasteiger partial charge is 0.338 e. The van der Waals surface area contributed by atoms with Gasteiger partial charge in [0.25, 0.3) is 5.89 Å². The quantitative estimate of drug-likeness (QED) is 0.658. The summed E-state index contributed by atoms with van der Waals surface area (Å²) in [6.45, 7) is -0.221. The van der Waals surface area contributed by atoms with Crippen LogP contribution in [0.4, 0.5) is 0 Å². The Morgan fingerprint density at radius 3 is 2.62 bits per heavy atom. The van der Waals surface area contributed by atoms with Crippen LogP contribution in [0.3, 0.4) is 0 Å². The van der Waals surface area contributed by atoms with Crippen molar-refractivity contribution in [3.8, 4) is 11.5 Å². The molecule has 0 aliphatic rings. The Kier molecular flexibility index (Phi) is 5.10. The van der Waals surface area contributed by atoms with E-state index in [1.54, 1.807) is 0 Å². The Bertz CT molecular complexity index is 1020. The first-order valence-electron chi connectivity index (χ1n) is 7.58. The maximum Gasteiger partial charge on any atom is 0.338 e. The van der Waals surface area contributed by atoms with E-state index < -0.39 is 16.0 Å². The summed E-state index contributed by atoms with van der Waals surface area (Å²) in [5.41, 5.74) is 0.853. The van der Waals surface area contributed by atoms with Gasteiger partial charge in [0.2, 0.25) is 15.9 Å². The minimum absolute atomic E-state index is 0.0291. The van der Waals surface area contributed by atoms with Crippen molar-refractivity contribution in [1.82, 2.24) is 14.9 Å². The van der Waals surface area contributed by atoms with Gasteiger partial charge in [0.15, 0.2) is 6.61 Å². The van der Waals surface area contributed by atoms with E-state index in [1.165, 1.54) is 31.3 Å². The normalized spacial score (nSPS) is 11.3. The molecular formula is C17H15N3O5S. The minimum Gasteiger partial charge on any atom is -0.452 e. The Morgan fingerprint density at radius 2 is 1.88 bits per heavy atom. The lowest BCUT2D eigenvalue weighted by molar-refractivity contribution is 0.0438. The molecule has 134 valence electrons. The molecule has 0 saturated carbocycles. The molecule has 0 amide bonds. The molecule has 0 radical (unpaired) electrons. The van der Waals surface area contributed by atoms with Crippen molar-refractivity contribution in [2.24, 2.45) is 0 Å². The predicted octanol–water partition coefficient (Wildman–Crippen LogP) is 2.00. The van der Waals surface area contributed by atoms with Gasteiger partial charge in [0.05, 0.1) is 10.5 Å². The fourth-order valence-corrected chi connectivity index (χ4v) is 2.90. The summed E-state index contributed by atoms with van der Waals surface area (Å²) in [4.78, 5) is 12.1. The van der Waals surface area contributed by atoms with E-state index in [9.17, 15) is 13.2 Å². The number of nitrogens with zero attached hydrogens (tertiary/aromatic N) is 2. The summed E-state index contributed by atoms with van der Waals surface area (Å²) >= 11 is 0. The molecule has 0 unspecified atom stereocenters. The van der Waals surface area contributed by atoms with Crippen molar-refractivity contribution < 1.29 is 22.4 Å². The van der Waals surface area contributed by atoms with E-state index in [0.717, 1.165) is 5.56 Å².